The number of benzene rings is 3. The maximum Gasteiger partial charge on any atom is 0.243 e. The Balaban J connectivity index is 2.00. The first-order chi connectivity index (χ1) is 16.1. The Bertz CT molecular complexity index is 1120. The Morgan fingerprint density at radius 2 is 1.50 bits per heavy atom. The third kappa shape index (κ3) is 7.31. The van der Waals surface area contributed by atoms with Crippen molar-refractivity contribution in [3.8, 4) is 0 Å². The van der Waals surface area contributed by atoms with Crippen LogP contribution in [0.3, 0.4) is 0 Å². The van der Waals surface area contributed by atoms with E-state index in [2.05, 4.69) is 11.4 Å². The molecule has 0 fully saturated rings. The van der Waals surface area contributed by atoms with E-state index < -0.39 is 11.6 Å². The second kappa shape index (κ2) is 11.1. The molecule has 0 radical (unpaired) electrons. The highest BCUT2D eigenvalue weighted by molar-refractivity contribution is 5.89. The van der Waals surface area contributed by atoms with Crippen LogP contribution in [0.4, 0.5) is 0 Å². The zero-order chi connectivity index (χ0) is 24.7. The number of nitrogens with one attached hydrogen (secondary N) is 1. The summed E-state index contributed by atoms with van der Waals surface area (Å²) in [6.07, 6.45) is 0.709. The van der Waals surface area contributed by atoms with Crippen LogP contribution in [0.5, 0.6) is 0 Å². The summed E-state index contributed by atoms with van der Waals surface area (Å²) in [5, 5.41) is 3.11. The van der Waals surface area contributed by atoms with Crippen LogP contribution in [-0.4, -0.2) is 28.3 Å². The Labute approximate surface area is 204 Å². The van der Waals surface area contributed by atoms with Gasteiger partial charge >= 0.3 is 0 Å². The monoisotopic (exact) mass is 456 g/mol. The molecule has 2 amide bonds. The lowest BCUT2D eigenvalue weighted by atomic mass is 9.99. The Kier molecular flexibility index (Phi) is 8.27. The van der Waals surface area contributed by atoms with E-state index in [0.717, 1.165) is 27.8 Å². The second-order valence-corrected chi connectivity index (χ2v) is 10.1. The molecule has 3 rings (SSSR count). The first-order valence-corrected chi connectivity index (χ1v) is 11.9. The number of nitrogens with zero attached hydrogens (tertiary/aromatic N) is 1. The van der Waals surface area contributed by atoms with Gasteiger partial charge in [-0.25, -0.2) is 0 Å². The van der Waals surface area contributed by atoms with Crippen LogP contribution in [-0.2, 0) is 29.0 Å². The highest BCUT2D eigenvalue weighted by Crippen LogP contribution is 2.19. The van der Waals surface area contributed by atoms with E-state index in [9.17, 15) is 9.59 Å². The lowest BCUT2D eigenvalue weighted by molar-refractivity contribution is -0.141. The van der Waals surface area contributed by atoms with Crippen molar-refractivity contribution in [1.29, 1.82) is 0 Å². The van der Waals surface area contributed by atoms with Crippen LogP contribution >= 0.6 is 0 Å². The Hall–Kier alpha value is -3.40. The molecule has 3 aromatic carbocycles. The molecule has 0 heterocycles. The van der Waals surface area contributed by atoms with E-state index in [1.54, 1.807) is 4.90 Å². The van der Waals surface area contributed by atoms with Crippen LogP contribution in [0.15, 0.2) is 78.9 Å². The Morgan fingerprint density at radius 1 is 0.853 bits per heavy atom. The highest BCUT2D eigenvalue weighted by atomic mass is 16.2. The Morgan fingerprint density at radius 3 is 2.15 bits per heavy atom. The maximum atomic E-state index is 13.8. The number of aryl methyl sites for hydroxylation is 2. The molecule has 3 aromatic rings. The fourth-order valence-electron chi connectivity index (χ4n) is 4.09. The number of carbonyl (C=O) groups excluding carboxylic acids is 2. The van der Waals surface area contributed by atoms with E-state index in [-0.39, 0.29) is 18.2 Å². The zero-order valence-electron chi connectivity index (χ0n) is 21.0. The zero-order valence-corrected chi connectivity index (χ0v) is 21.0. The summed E-state index contributed by atoms with van der Waals surface area (Å²) in [6, 6.07) is 25.3. The van der Waals surface area contributed by atoms with Gasteiger partial charge in [-0.15, -0.1) is 0 Å². The number of hydrogen-bond donors (Lipinski definition) is 1. The van der Waals surface area contributed by atoms with Crippen molar-refractivity contribution in [2.24, 2.45) is 0 Å². The van der Waals surface area contributed by atoms with Crippen molar-refractivity contribution in [2.45, 2.75) is 65.6 Å². The van der Waals surface area contributed by atoms with E-state index in [1.807, 2.05) is 107 Å². The molecule has 178 valence electrons. The molecule has 0 saturated carbocycles. The molecular formula is C30H36N2O2. The summed E-state index contributed by atoms with van der Waals surface area (Å²) in [6.45, 7) is 10.3. The predicted octanol–water partition coefficient (Wildman–Crippen LogP) is 5.40. The lowest BCUT2D eigenvalue weighted by Gasteiger charge is -2.34. The maximum absolute atomic E-state index is 13.8. The molecule has 0 spiro atoms. The summed E-state index contributed by atoms with van der Waals surface area (Å²) >= 11 is 0. The molecule has 1 atom stereocenters. The molecule has 0 aromatic heterocycles. The summed E-state index contributed by atoms with van der Waals surface area (Å²) in [7, 11) is 0. The molecule has 4 nitrogen and oxygen atoms in total. The van der Waals surface area contributed by atoms with Crippen LogP contribution in [0.2, 0.25) is 0 Å². The third-order valence-electron chi connectivity index (χ3n) is 5.81. The minimum atomic E-state index is -0.626. The quantitative estimate of drug-likeness (QED) is 0.493. The lowest BCUT2D eigenvalue weighted by Crippen LogP contribution is -2.54. The number of rotatable bonds is 8. The van der Waals surface area contributed by atoms with Crippen molar-refractivity contribution < 1.29 is 9.59 Å². The van der Waals surface area contributed by atoms with Gasteiger partial charge in [0.25, 0.3) is 0 Å². The minimum absolute atomic E-state index is 0.0548. The molecule has 4 heteroatoms. The van der Waals surface area contributed by atoms with Gasteiger partial charge in [0.1, 0.15) is 6.04 Å². The molecular weight excluding hydrogens is 420 g/mol. The third-order valence-corrected chi connectivity index (χ3v) is 5.81. The van der Waals surface area contributed by atoms with Crippen LogP contribution in [0.25, 0.3) is 0 Å². The van der Waals surface area contributed by atoms with Gasteiger partial charge in [-0.2, -0.15) is 0 Å². The van der Waals surface area contributed by atoms with E-state index in [4.69, 9.17) is 0 Å². The fraction of sp³-hybridized carbons (Fsp3) is 0.333. The van der Waals surface area contributed by atoms with Crippen molar-refractivity contribution >= 4 is 11.8 Å². The molecule has 1 unspecified atom stereocenters. The summed E-state index contributed by atoms with van der Waals surface area (Å²) < 4.78 is 0. The highest BCUT2D eigenvalue weighted by Gasteiger charge is 2.32. The van der Waals surface area contributed by atoms with Gasteiger partial charge in [0.05, 0.1) is 6.42 Å². The minimum Gasteiger partial charge on any atom is -0.350 e. The molecule has 0 aliphatic rings. The topological polar surface area (TPSA) is 49.4 Å². The first kappa shape index (κ1) is 25.2. The first-order valence-electron chi connectivity index (χ1n) is 11.9. The van der Waals surface area contributed by atoms with Crippen molar-refractivity contribution in [1.82, 2.24) is 10.2 Å². The average Bonchev–Trinajstić information content (AvgIpc) is 2.77. The number of carbonyl (C=O) groups is 2. The van der Waals surface area contributed by atoms with Crippen molar-refractivity contribution in [2.75, 3.05) is 0 Å². The average molecular weight is 457 g/mol. The molecule has 0 aliphatic heterocycles. The van der Waals surface area contributed by atoms with Crippen LogP contribution in [0, 0.1) is 13.8 Å². The van der Waals surface area contributed by atoms with Crippen LogP contribution in [0.1, 0.15) is 48.6 Å². The smallest absolute Gasteiger partial charge is 0.243 e. The molecule has 0 saturated heterocycles. The summed E-state index contributed by atoms with van der Waals surface area (Å²) in [5.41, 5.74) is 4.82. The fourth-order valence-corrected chi connectivity index (χ4v) is 4.09. The predicted molar refractivity (Wildman–Crippen MR) is 138 cm³/mol. The number of amides is 2. The van der Waals surface area contributed by atoms with Gasteiger partial charge in [-0.3, -0.25) is 9.59 Å². The van der Waals surface area contributed by atoms with Crippen molar-refractivity contribution in [3.05, 3.63) is 107 Å². The summed E-state index contributed by atoms with van der Waals surface area (Å²) in [5.74, 6) is -0.192. The van der Waals surface area contributed by atoms with Gasteiger partial charge in [-0.1, -0.05) is 84.4 Å². The van der Waals surface area contributed by atoms with Crippen molar-refractivity contribution in [3.63, 3.8) is 0 Å². The van der Waals surface area contributed by atoms with E-state index >= 15 is 0 Å². The molecule has 0 bridgehead atoms. The standard InChI is InChI=1S/C30H36N2O2/c1-22-12-11-16-25(18-22)21-32(28(33)20-26-17-10-9-13-23(26)2)27(29(34)31-30(3,4)5)19-24-14-7-6-8-15-24/h6-18,27H,19-21H2,1-5H3,(H,31,34). The molecule has 1 N–H and O–H groups in total. The van der Waals surface area contributed by atoms with E-state index in [0.29, 0.717) is 13.0 Å². The van der Waals surface area contributed by atoms with Gasteiger partial charge in [0.2, 0.25) is 11.8 Å². The van der Waals surface area contributed by atoms with Crippen LogP contribution < -0.4 is 5.32 Å². The SMILES string of the molecule is Cc1cccc(CN(C(=O)Cc2ccccc2C)C(Cc2ccccc2)C(=O)NC(C)(C)C)c1. The number of hydrogen-bond acceptors (Lipinski definition) is 2. The molecule has 34 heavy (non-hydrogen) atoms. The van der Waals surface area contributed by atoms with E-state index in [1.165, 1.54) is 0 Å². The summed E-state index contributed by atoms with van der Waals surface area (Å²) in [4.78, 5) is 29.1. The second-order valence-electron chi connectivity index (χ2n) is 10.1. The largest absolute Gasteiger partial charge is 0.350 e. The van der Waals surface area contributed by atoms with Gasteiger partial charge in [-0.05, 0) is 56.9 Å². The normalized spacial score (nSPS) is 12.1. The molecule has 0 aliphatic carbocycles. The van der Waals surface area contributed by atoms with Gasteiger partial charge in [0.15, 0.2) is 0 Å². The van der Waals surface area contributed by atoms with Gasteiger partial charge < -0.3 is 10.2 Å². The van der Waals surface area contributed by atoms with Gasteiger partial charge in [0, 0.05) is 18.5 Å².